The SMILES string of the molecule is COC(=O)C[C@H](NC(=O)Cc1cccs1)c1cccs1. The molecule has 1 amide bonds. The van der Waals surface area contributed by atoms with Gasteiger partial charge in [0.25, 0.3) is 0 Å². The van der Waals surface area contributed by atoms with Crippen LogP contribution in [0.5, 0.6) is 0 Å². The minimum absolute atomic E-state index is 0.0882. The van der Waals surface area contributed by atoms with Crippen molar-refractivity contribution in [2.75, 3.05) is 7.11 Å². The molecule has 0 bridgehead atoms. The van der Waals surface area contributed by atoms with Crippen molar-refractivity contribution >= 4 is 34.6 Å². The van der Waals surface area contributed by atoms with Crippen molar-refractivity contribution in [3.8, 4) is 0 Å². The average molecular weight is 309 g/mol. The van der Waals surface area contributed by atoms with Gasteiger partial charge < -0.3 is 10.1 Å². The van der Waals surface area contributed by atoms with Crippen LogP contribution < -0.4 is 5.32 Å². The summed E-state index contributed by atoms with van der Waals surface area (Å²) in [5.41, 5.74) is 0. The van der Waals surface area contributed by atoms with Crippen molar-refractivity contribution in [3.05, 3.63) is 44.8 Å². The van der Waals surface area contributed by atoms with E-state index in [0.29, 0.717) is 6.42 Å². The second-order valence-corrected chi connectivity index (χ2v) is 6.18. The van der Waals surface area contributed by atoms with Gasteiger partial charge in [0.15, 0.2) is 0 Å². The van der Waals surface area contributed by atoms with Gasteiger partial charge in [0.2, 0.25) is 5.91 Å². The van der Waals surface area contributed by atoms with E-state index in [0.717, 1.165) is 9.75 Å². The van der Waals surface area contributed by atoms with Crippen LogP contribution in [0, 0.1) is 0 Å². The summed E-state index contributed by atoms with van der Waals surface area (Å²) in [5, 5.41) is 6.76. The van der Waals surface area contributed by atoms with Crippen molar-refractivity contribution < 1.29 is 14.3 Å². The van der Waals surface area contributed by atoms with Gasteiger partial charge in [-0.2, -0.15) is 0 Å². The quantitative estimate of drug-likeness (QED) is 0.835. The van der Waals surface area contributed by atoms with E-state index in [-0.39, 0.29) is 24.3 Å². The molecule has 6 heteroatoms. The monoisotopic (exact) mass is 309 g/mol. The highest BCUT2D eigenvalue weighted by atomic mass is 32.1. The highest BCUT2D eigenvalue weighted by Gasteiger charge is 2.20. The van der Waals surface area contributed by atoms with E-state index >= 15 is 0 Å². The predicted octanol–water partition coefficient (Wildman–Crippen LogP) is 2.77. The summed E-state index contributed by atoms with van der Waals surface area (Å²) in [7, 11) is 1.35. The molecule has 0 saturated carbocycles. The Morgan fingerprint density at radius 1 is 1.25 bits per heavy atom. The van der Waals surface area contributed by atoms with E-state index in [4.69, 9.17) is 0 Å². The lowest BCUT2D eigenvalue weighted by atomic mass is 10.1. The lowest BCUT2D eigenvalue weighted by molar-refractivity contribution is -0.141. The Balaban J connectivity index is 2.00. The van der Waals surface area contributed by atoms with E-state index in [2.05, 4.69) is 10.1 Å². The van der Waals surface area contributed by atoms with E-state index in [9.17, 15) is 9.59 Å². The zero-order valence-corrected chi connectivity index (χ0v) is 12.6. The number of esters is 1. The third-order valence-electron chi connectivity index (χ3n) is 2.74. The molecule has 2 aromatic rings. The predicted molar refractivity (Wildman–Crippen MR) is 79.9 cm³/mol. The number of methoxy groups -OCH3 is 1. The van der Waals surface area contributed by atoms with Crippen LogP contribution in [0.1, 0.15) is 22.2 Å². The minimum atomic E-state index is -0.333. The number of hydrogen-bond donors (Lipinski definition) is 1. The third kappa shape index (κ3) is 4.18. The molecule has 2 aromatic heterocycles. The molecule has 1 N–H and O–H groups in total. The summed E-state index contributed by atoms with van der Waals surface area (Å²) in [5.74, 6) is -0.422. The first-order valence-corrected chi connectivity index (χ1v) is 7.87. The summed E-state index contributed by atoms with van der Waals surface area (Å²) in [6.45, 7) is 0. The average Bonchev–Trinajstić information content (AvgIpc) is 3.10. The van der Waals surface area contributed by atoms with Crippen LogP contribution >= 0.6 is 22.7 Å². The van der Waals surface area contributed by atoms with E-state index in [1.54, 1.807) is 11.3 Å². The molecule has 2 heterocycles. The number of thiophene rings is 2. The fourth-order valence-electron chi connectivity index (χ4n) is 1.78. The number of hydrogen-bond acceptors (Lipinski definition) is 5. The maximum absolute atomic E-state index is 12.0. The summed E-state index contributed by atoms with van der Waals surface area (Å²) in [6.07, 6.45) is 0.480. The Morgan fingerprint density at radius 2 is 2.00 bits per heavy atom. The Kier molecular flexibility index (Phi) is 5.31. The second kappa shape index (κ2) is 7.21. The Hall–Kier alpha value is -1.66. The van der Waals surface area contributed by atoms with Gasteiger partial charge in [0, 0.05) is 9.75 Å². The number of amides is 1. The van der Waals surface area contributed by atoms with Crippen LogP contribution in [0.25, 0.3) is 0 Å². The lowest BCUT2D eigenvalue weighted by Gasteiger charge is -2.16. The molecular weight excluding hydrogens is 294 g/mol. The smallest absolute Gasteiger partial charge is 0.307 e. The Labute approximate surface area is 125 Å². The van der Waals surface area contributed by atoms with Crippen LogP contribution in [0.4, 0.5) is 0 Å². The molecule has 2 rings (SSSR count). The van der Waals surface area contributed by atoms with Gasteiger partial charge in [-0.15, -0.1) is 22.7 Å². The fraction of sp³-hybridized carbons (Fsp3) is 0.286. The third-order valence-corrected chi connectivity index (χ3v) is 4.60. The number of ether oxygens (including phenoxy) is 1. The van der Waals surface area contributed by atoms with Crippen LogP contribution in [0.15, 0.2) is 35.0 Å². The zero-order valence-electron chi connectivity index (χ0n) is 11.0. The van der Waals surface area contributed by atoms with E-state index in [1.165, 1.54) is 18.4 Å². The van der Waals surface area contributed by atoms with Gasteiger partial charge >= 0.3 is 5.97 Å². The van der Waals surface area contributed by atoms with Crippen LogP contribution in [0.2, 0.25) is 0 Å². The van der Waals surface area contributed by atoms with Crippen molar-refractivity contribution in [1.82, 2.24) is 5.32 Å². The second-order valence-electron chi connectivity index (χ2n) is 4.17. The van der Waals surface area contributed by atoms with E-state index in [1.807, 2.05) is 35.0 Å². The Bertz CT molecular complexity index is 549. The van der Waals surface area contributed by atoms with E-state index < -0.39 is 0 Å². The normalized spacial score (nSPS) is 11.8. The summed E-state index contributed by atoms with van der Waals surface area (Å²) >= 11 is 3.06. The van der Waals surface area contributed by atoms with Gasteiger partial charge in [-0.05, 0) is 22.9 Å². The van der Waals surface area contributed by atoms with Crippen molar-refractivity contribution in [1.29, 1.82) is 0 Å². The van der Waals surface area contributed by atoms with Crippen LogP contribution in [-0.2, 0) is 20.7 Å². The largest absolute Gasteiger partial charge is 0.469 e. The molecule has 0 spiro atoms. The molecule has 0 saturated heterocycles. The van der Waals surface area contributed by atoms with Crippen LogP contribution in [0.3, 0.4) is 0 Å². The molecule has 1 atom stereocenters. The molecule has 0 aliphatic rings. The standard InChI is InChI=1S/C14H15NO3S2/c1-18-14(17)9-11(12-5-3-7-20-12)15-13(16)8-10-4-2-6-19-10/h2-7,11H,8-9H2,1H3,(H,15,16)/t11-/m0/s1. The van der Waals surface area contributed by atoms with Crippen molar-refractivity contribution in [2.45, 2.75) is 18.9 Å². The molecule has 0 unspecified atom stereocenters. The topological polar surface area (TPSA) is 55.4 Å². The van der Waals surface area contributed by atoms with Gasteiger partial charge in [0.1, 0.15) is 0 Å². The van der Waals surface area contributed by atoms with Crippen molar-refractivity contribution in [2.24, 2.45) is 0 Å². The number of carbonyl (C=O) groups is 2. The maximum Gasteiger partial charge on any atom is 0.307 e. The van der Waals surface area contributed by atoms with Gasteiger partial charge in [-0.3, -0.25) is 9.59 Å². The van der Waals surface area contributed by atoms with Gasteiger partial charge in [-0.25, -0.2) is 0 Å². The number of rotatable bonds is 6. The fourth-order valence-corrected chi connectivity index (χ4v) is 3.26. The molecule has 0 fully saturated rings. The molecule has 0 aromatic carbocycles. The summed E-state index contributed by atoms with van der Waals surface area (Å²) < 4.78 is 4.68. The number of carbonyl (C=O) groups excluding carboxylic acids is 2. The Morgan fingerprint density at radius 3 is 2.60 bits per heavy atom. The molecule has 106 valence electrons. The molecule has 0 radical (unpaired) electrons. The van der Waals surface area contributed by atoms with Gasteiger partial charge in [-0.1, -0.05) is 12.1 Å². The maximum atomic E-state index is 12.0. The number of nitrogens with one attached hydrogen (secondary N) is 1. The van der Waals surface area contributed by atoms with Gasteiger partial charge in [0.05, 0.1) is 26.0 Å². The highest BCUT2D eigenvalue weighted by Crippen LogP contribution is 2.22. The first kappa shape index (κ1) is 14.7. The molecule has 0 aliphatic heterocycles. The minimum Gasteiger partial charge on any atom is -0.469 e. The first-order chi connectivity index (χ1) is 9.69. The lowest BCUT2D eigenvalue weighted by Crippen LogP contribution is -2.31. The molecule has 20 heavy (non-hydrogen) atoms. The first-order valence-electron chi connectivity index (χ1n) is 6.11. The van der Waals surface area contributed by atoms with Crippen LogP contribution in [-0.4, -0.2) is 19.0 Å². The summed E-state index contributed by atoms with van der Waals surface area (Å²) in [4.78, 5) is 25.4. The molecular formula is C14H15NO3S2. The van der Waals surface area contributed by atoms with Crippen molar-refractivity contribution in [3.63, 3.8) is 0 Å². The molecule has 4 nitrogen and oxygen atoms in total. The molecule has 0 aliphatic carbocycles. The zero-order chi connectivity index (χ0) is 14.4. The summed E-state index contributed by atoms with van der Waals surface area (Å²) in [6, 6.07) is 7.32. The highest BCUT2D eigenvalue weighted by molar-refractivity contribution is 7.10.